The summed E-state index contributed by atoms with van der Waals surface area (Å²) in [6.07, 6.45) is 3.74. The molecule has 0 saturated carbocycles. The van der Waals surface area contributed by atoms with Crippen LogP contribution in [0.2, 0.25) is 0 Å². The number of para-hydroxylation sites is 2. The molecule has 6 heteroatoms. The van der Waals surface area contributed by atoms with Crippen molar-refractivity contribution < 1.29 is 4.79 Å². The molecule has 0 unspecified atom stereocenters. The van der Waals surface area contributed by atoms with E-state index >= 15 is 0 Å². The molecule has 1 aliphatic rings. The van der Waals surface area contributed by atoms with Crippen molar-refractivity contribution >= 4 is 23.4 Å². The van der Waals surface area contributed by atoms with Gasteiger partial charge in [0.05, 0.1) is 11.4 Å². The third kappa shape index (κ3) is 3.24. The predicted octanol–water partition coefficient (Wildman–Crippen LogP) is 3.65. The molecule has 0 atom stereocenters. The quantitative estimate of drug-likeness (QED) is 0.663. The maximum absolute atomic E-state index is 12.8. The number of aromatic nitrogens is 3. The zero-order valence-electron chi connectivity index (χ0n) is 14.6. The van der Waals surface area contributed by atoms with E-state index in [4.69, 9.17) is 0 Å². The van der Waals surface area contributed by atoms with Gasteiger partial charge >= 0.3 is 0 Å². The fraction of sp³-hybridized carbons (Fsp3) is 0.250. The molecule has 4 rings (SSSR count). The van der Waals surface area contributed by atoms with Crippen molar-refractivity contribution in [3.63, 3.8) is 0 Å². The second kappa shape index (κ2) is 7.33. The summed E-state index contributed by atoms with van der Waals surface area (Å²) in [4.78, 5) is 14.7. The fourth-order valence-corrected chi connectivity index (χ4v) is 4.12. The number of thioether (sulfide) groups is 1. The number of amides is 1. The number of hydrogen-bond acceptors (Lipinski definition) is 4. The van der Waals surface area contributed by atoms with E-state index in [-0.39, 0.29) is 5.91 Å². The molecule has 0 spiro atoms. The molecule has 0 saturated heterocycles. The van der Waals surface area contributed by atoms with Gasteiger partial charge < -0.3 is 4.90 Å². The highest BCUT2D eigenvalue weighted by molar-refractivity contribution is 7.99. The Kier molecular flexibility index (Phi) is 4.75. The molecule has 0 N–H and O–H groups in total. The lowest BCUT2D eigenvalue weighted by Crippen LogP contribution is -2.36. The number of carbonyl (C=O) groups excluding carboxylic acids is 1. The Morgan fingerprint density at radius 1 is 1.12 bits per heavy atom. The summed E-state index contributed by atoms with van der Waals surface area (Å²) in [7, 11) is 0. The first kappa shape index (κ1) is 16.8. The van der Waals surface area contributed by atoms with E-state index in [1.54, 1.807) is 6.33 Å². The van der Waals surface area contributed by atoms with Crippen LogP contribution in [-0.2, 0) is 11.2 Å². The van der Waals surface area contributed by atoms with Crippen LogP contribution in [0, 0.1) is 6.92 Å². The number of rotatable bonds is 4. The molecule has 0 bridgehead atoms. The van der Waals surface area contributed by atoms with Crippen molar-refractivity contribution in [3.8, 4) is 5.69 Å². The standard InChI is InChI=1S/C20H20N4OS/c1-15-7-2-4-10-17(15)24-14-21-22-20(24)26-13-19(25)23-12-6-9-16-8-3-5-11-18(16)23/h2-5,7-8,10-11,14H,6,9,12-13H2,1H3. The highest BCUT2D eigenvalue weighted by atomic mass is 32.2. The molecule has 0 radical (unpaired) electrons. The molecular weight excluding hydrogens is 344 g/mol. The first-order chi connectivity index (χ1) is 12.7. The Bertz CT molecular complexity index is 937. The molecule has 0 aliphatic carbocycles. The topological polar surface area (TPSA) is 51.0 Å². The van der Waals surface area contributed by atoms with Gasteiger partial charge in [-0.05, 0) is 43.0 Å². The van der Waals surface area contributed by atoms with Crippen LogP contribution in [0.1, 0.15) is 17.5 Å². The lowest BCUT2D eigenvalue weighted by atomic mass is 10.0. The molecule has 3 aromatic rings. The van der Waals surface area contributed by atoms with Gasteiger partial charge in [0.15, 0.2) is 5.16 Å². The fourth-order valence-electron chi connectivity index (χ4n) is 3.32. The Morgan fingerprint density at radius 2 is 1.88 bits per heavy atom. The SMILES string of the molecule is Cc1ccccc1-n1cnnc1SCC(=O)N1CCCc2ccccc21. The van der Waals surface area contributed by atoms with Crippen molar-refractivity contribution in [2.45, 2.75) is 24.9 Å². The largest absolute Gasteiger partial charge is 0.311 e. The molecular formula is C20H20N4OS. The summed E-state index contributed by atoms with van der Waals surface area (Å²) in [6, 6.07) is 16.3. The summed E-state index contributed by atoms with van der Waals surface area (Å²) < 4.78 is 1.94. The van der Waals surface area contributed by atoms with Gasteiger partial charge in [-0.3, -0.25) is 9.36 Å². The van der Waals surface area contributed by atoms with Crippen molar-refractivity contribution in [2.75, 3.05) is 17.2 Å². The number of fused-ring (bicyclic) bond motifs is 1. The van der Waals surface area contributed by atoms with E-state index in [0.717, 1.165) is 41.5 Å². The van der Waals surface area contributed by atoms with Crippen molar-refractivity contribution in [1.82, 2.24) is 14.8 Å². The number of anilines is 1. The molecule has 132 valence electrons. The molecule has 1 aliphatic heterocycles. The summed E-state index contributed by atoms with van der Waals surface area (Å²) in [5, 5.41) is 8.97. The van der Waals surface area contributed by atoms with Crippen molar-refractivity contribution in [2.24, 2.45) is 0 Å². The normalized spacial score (nSPS) is 13.5. The number of nitrogens with zero attached hydrogens (tertiary/aromatic N) is 4. The van der Waals surface area contributed by atoms with E-state index < -0.39 is 0 Å². The van der Waals surface area contributed by atoms with E-state index in [0.29, 0.717) is 5.75 Å². The molecule has 26 heavy (non-hydrogen) atoms. The Labute approximate surface area is 157 Å². The number of hydrogen-bond donors (Lipinski definition) is 0. The summed E-state index contributed by atoms with van der Waals surface area (Å²) in [6.45, 7) is 2.83. The Balaban J connectivity index is 1.50. The van der Waals surface area contributed by atoms with Gasteiger partial charge in [0, 0.05) is 12.2 Å². The smallest absolute Gasteiger partial charge is 0.237 e. The van der Waals surface area contributed by atoms with Crippen LogP contribution in [0.3, 0.4) is 0 Å². The minimum absolute atomic E-state index is 0.112. The van der Waals surface area contributed by atoms with Gasteiger partial charge in [-0.15, -0.1) is 10.2 Å². The van der Waals surface area contributed by atoms with Gasteiger partial charge in [-0.1, -0.05) is 48.2 Å². The number of benzene rings is 2. The van der Waals surface area contributed by atoms with Crippen molar-refractivity contribution in [1.29, 1.82) is 0 Å². The predicted molar refractivity (Wildman–Crippen MR) is 104 cm³/mol. The molecule has 1 aromatic heterocycles. The second-order valence-electron chi connectivity index (χ2n) is 6.34. The van der Waals surface area contributed by atoms with Crippen LogP contribution in [0.25, 0.3) is 5.69 Å². The minimum Gasteiger partial charge on any atom is -0.311 e. The molecule has 2 aromatic carbocycles. The first-order valence-electron chi connectivity index (χ1n) is 8.71. The molecule has 0 fully saturated rings. The van der Waals surface area contributed by atoms with E-state index in [1.807, 2.05) is 45.9 Å². The Hall–Kier alpha value is -2.60. The molecule has 5 nitrogen and oxygen atoms in total. The van der Waals surface area contributed by atoms with Gasteiger partial charge in [0.1, 0.15) is 6.33 Å². The zero-order valence-corrected chi connectivity index (χ0v) is 15.4. The summed E-state index contributed by atoms with van der Waals surface area (Å²) >= 11 is 1.43. The number of carbonyl (C=O) groups is 1. The monoisotopic (exact) mass is 364 g/mol. The van der Waals surface area contributed by atoms with Crippen LogP contribution >= 0.6 is 11.8 Å². The van der Waals surface area contributed by atoms with Crippen LogP contribution < -0.4 is 4.90 Å². The zero-order chi connectivity index (χ0) is 17.9. The average molecular weight is 364 g/mol. The molecule has 2 heterocycles. The first-order valence-corrected chi connectivity index (χ1v) is 9.69. The second-order valence-corrected chi connectivity index (χ2v) is 7.28. The minimum atomic E-state index is 0.112. The summed E-state index contributed by atoms with van der Waals surface area (Å²) in [5.74, 6) is 0.459. The van der Waals surface area contributed by atoms with Crippen LogP contribution in [0.4, 0.5) is 5.69 Å². The van der Waals surface area contributed by atoms with E-state index in [1.165, 1.54) is 17.3 Å². The van der Waals surface area contributed by atoms with Gasteiger partial charge in [0.25, 0.3) is 0 Å². The number of aryl methyl sites for hydroxylation is 2. The van der Waals surface area contributed by atoms with Crippen molar-refractivity contribution in [3.05, 3.63) is 66.0 Å². The lowest BCUT2D eigenvalue weighted by Gasteiger charge is -2.29. The van der Waals surface area contributed by atoms with Gasteiger partial charge in [-0.25, -0.2) is 0 Å². The van der Waals surface area contributed by atoms with Crippen LogP contribution in [0.15, 0.2) is 60.0 Å². The third-order valence-electron chi connectivity index (χ3n) is 4.63. The summed E-state index contributed by atoms with van der Waals surface area (Å²) in [5.41, 5.74) is 4.48. The Morgan fingerprint density at radius 3 is 2.73 bits per heavy atom. The molecule has 1 amide bonds. The van der Waals surface area contributed by atoms with Crippen LogP contribution in [0.5, 0.6) is 0 Å². The third-order valence-corrected chi connectivity index (χ3v) is 5.56. The highest BCUT2D eigenvalue weighted by Gasteiger charge is 2.22. The van der Waals surface area contributed by atoms with Crippen LogP contribution in [-0.4, -0.2) is 33.0 Å². The maximum atomic E-state index is 12.8. The van der Waals surface area contributed by atoms with Gasteiger partial charge in [-0.2, -0.15) is 0 Å². The van der Waals surface area contributed by atoms with E-state index in [9.17, 15) is 4.79 Å². The lowest BCUT2D eigenvalue weighted by molar-refractivity contribution is -0.116. The maximum Gasteiger partial charge on any atom is 0.237 e. The van der Waals surface area contributed by atoms with E-state index in [2.05, 4.69) is 29.3 Å². The highest BCUT2D eigenvalue weighted by Crippen LogP contribution is 2.28. The van der Waals surface area contributed by atoms with Gasteiger partial charge in [0.2, 0.25) is 5.91 Å². The average Bonchev–Trinajstić information content (AvgIpc) is 3.14.